The summed E-state index contributed by atoms with van der Waals surface area (Å²) in [6.07, 6.45) is 3.79. The SMILES string of the molecule is CCNC(=NCCc1nc(CC)c(C)s1)NC1CCc2nc(COC)nn2C1. The smallest absolute Gasteiger partial charge is 0.191 e. The van der Waals surface area contributed by atoms with E-state index < -0.39 is 0 Å². The average Bonchev–Trinajstić information content (AvgIpc) is 3.24. The van der Waals surface area contributed by atoms with Crippen LogP contribution >= 0.6 is 11.3 Å². The molecule has 154 valence electrons. The molecule has 0 amide bonds. The predicted octanol–water partition coefficient (Wildman–Crippen LogP) is 1.86. The zero-order valence-corrected chi connectivity index (χ0v) is 18.1. The highest BCUT2D eigenvalue weighted by Gasteiger charge is 2.22. The first kappa shape index (κ1) is 20.7. The highest BCUT2D eigenvalue weighted by Crippen LogP contribution is 2.18. The Morgan fingerprint density at radius 1 is 1.36 bits per heavy atom. The van der Waals surface area contributed by atoms with Crippen LogP contribution in [0, 0.1) is 6.92 Å². The Bertz CT molecular complexity index is 798. The van der Waals surface area contributed by atoms with E-state index in [0.717, 1.165) is 62.9 Å². The summed E-state index contributed by atoms with van der Waals surface area (Å²) in [5, 5.41) is 12.6. The number of methoxy groups -OCH3 is 1. The molecule has 8 nitrogen and oxygen atoms in total. The predicted molar refractivity (Wildman–Crippen MR) is 112 cm³/mol. The van der Waals surface area contributed by atoms with Gasteiger partial charge < -0.3 is 15.4 Å². The van der Waals surface area contributed by atoms with Gasteiger partial charge in [-0.05, 0) is 26.7 Å². The van der Waals surface area contributed by atoms with Crippen molar-refractivity contribution in [1.82, 2.24) is 30.4 Å². The number of aromatic nitrogens is 4. The van der Waals surface area contributed by atoms with Crippen molar-refractivity contribution in [2.45, 2.75) is 65.6 Å². The van der Waals surface area contributed by atoms with Crippen LogP contribution in [-0.2, 0) is 37.2 Å². The number of guanidine groups is 1. The average molecular weight is 406 g/mol. The Hall–Kier alpha value is -2.00. The van der Waals surface area contributed by atoms with Gasteiger partial charge in [0.1, 0.15) is 12.4 Å². The molecule has 3 rings (SSSR count). The lowest BCUT2D eigenvalue weighted by Crippen LogP contribution is -2.47. The van der Waals surface area contributed by atoms with E-state index >= 15 is 0 Å². The van der Waals surface area contributed by atoms with Gasteiger partial charge in [0.2, 0.25) is 0 Å². The summed E-state index contributed by atoms with van der Waals surface area (Å²) < 4.78 is 7.13. The molecule has 28 heavy (non-hydrogen) atoms. The first-order chi connectivity index (χ1) is 13.6. The second kappa shape index (κ2) is 9.97. The lowest BCUT2D eigenvalue weighted by atomic mass is 10.1. The van der Waals surface area contributed by atoms with Crippen molar-refractivity contribution in [3.63, 3.8) is 0 Å². The fourth-order valence-electron chi connectivity index (χ4n) is 3.37. The zero-order chi connectivity index (χ0) is 19.9. The van der Waals surface area contributed by atoms with Crippen LogP contribution in [0.5, 0.6) is 0 Å². The maximum atomic E-state index is 5.14. The number of hydrogen-bond donors (Lipinski definition) is 2. The topological polar surface area (TPSA) is 89.2 Å². The van der Waals surface area contributed by atoms with E-state index in [0.29, 0.717) is 6.61 Å². The molecule has 2 aromatic rings. The number of fused-ring (bicyclic) bond motifs is 1. The minimum atomic E-state index is 0.288. The van der Waals surface area contributed by atoms with Gasteiger partial charge in [0, 0.05) is 44.0 Å². The van der Waals surface area contributed by atoms with Crippen LogP contribution in [0.2, 0.25) is 0 Å². The van der Waals surface area contributed by atoms with Crippen LogP contribution < -0.4 is 10.6 Å². The van der Waals surface area contributed by atoms with Gasteiger partial charge in [0.25, 0.3) is 0 Å². The summed E-state index contributed by atoms with van der Waals surface area (Å²) in [4.78, 5) is 15.3. The van der Waals surface area contributed by atoms with Crippen LogP contribution in [0.25, 0.3) is 0 Å². The molecule has 0 bridgehead atoms. The number of thiazole rings is 1. The van der Waals surface area contributed by atoms with E-state index in [1.807, 2.05) is 4.68 Å². The number of ether oxygens (including phenoxy) is 1. The molecular weight excluding hydrogens is 374 g/mol. The Morgan fingerprint density at radius 3 is 2.93 bits per heavy atom. The van der Waals surface area contributed by atoms with Crippen molar-refractivity contribution in [3.8, 4) is 0 Å². The summed E-state index contributed by atoms with van der Waals surface area (Å²) in [6.45, 7) is 9.20. The molecule has 1 atom stereocenters. The molecule has 0 saturated carbocycles. The number of hydrogen-bond acceptors (Lipinski definition) is 6. The lowest BCUT2D eigenvalue weighted by molar-refractivity contribution is 0.177. The summed E-state index contributed by atoms with van der Waals surface area (Å²) in [5.74, 6) is 2.65. The third kappa shape index (κ3) is 5.29. The summed E-state index contributed by atoms with van der Waals surface area (Å²) in [6, 6.07) is 0.288. The molecule has 2 N–H and O–H groups in total. The van der Waals surface area contributed by atoms with Gasteiger partial charge in [-0.2, -0.15) is 5.10 Å². The van der Waals surface area contributed by atoms with Gasteiger partial charge in [0.05, 0.1) is 17.2 Å². The largest absolute Gasteiger partial charge is 0.377 e. The minimum Gasteiger partial charge on any atom is -0.377 e. The second-order valence-electron chi connectivity index (χ2n) is 6.91. The van der Waals surface area contributed by atoms with Gasteiger partial charge in [-0.3, -0.25) is 4.99 Å². The standard InChI is InChI=1S/C19H31N7OS/c1-5-15-13(3)28-18(23-15)9-10-21-19(20-6-2)22-14-7-8-17-24-16(12-27-4)25-26(17)11-14/h14H,5-12H2,1-4H3,(H2,20,21,22). The van der Waals surface area contributed by atoms with E-state index in [9.17, 15) is 0 Å². The highest BCUT2D eigenvalue weighted by atomic mass is 32.1. The Labute approximate surface area is 170 Å². The molecule has 0 aliphatic carbocycles. The molecule has 9 heteroatoms. The van der Waals surface area contributed by atoms with E-state index in [1.54, 1.807) is 18.4 Å². The Balaban J connectivity index is 1.56. The second-order valence-corrected chi connectivity index (χ2v) is 8.20. The summed E-state index contributed by atoms with van der Waals surface area (Å²) in [5.41, 5.74) is 1.22. The van der Waals surface area contributed by atoms with Crippen LogP contribution in [0.4, 0.5) is 0 Å². The maximum Gasteiger partial charge on any atom is 0.191 e. The van der Waals surface area contributed by atoms with Crippen molar-refractivity contribution < 1.29 is 4.74 Å². The van der Waals surface area contributed by atoms with Crippen molar-refractivity contribution >= 4 is 17.3 Å². The fourth-order valence-corrected chi connectivity index (χ4v) is 4.38. The fraction of sp³-hybridized carbons (Fsp3) is 0.684. The number of aliphatic imine (C=N–C) groups is 1. The first-order valence-electron chi connectivity index (χ1n) is 10.0. The number of nitrogens with zero attached hydrogens (tertiary/aromatic N) is 5. The third-order valence-corrected chi connectivity index (χ3v) is 5.80. The van der Waals surface area contributed by atoms with Crippen LogP contribution in [0.1, 0.15) is 47.5 Å². The monoisotopic (exact) mass is 405 g/mol. The first-order valence-corrected chi connectivity index (χ1v) is 10.9. The van der Waals surface area contributed by atoms with Crippen LogP contribution in [0.15, 0.2) is 4.99 Å². The van der Waals surface area contributed by atoms with Gasteiger partial charge in [0.15, 0.2) is 11.8 Å². The van der Waals surface area contributed by atoms with E-state index in [4.69, 9.17) is 14.7 Å². The van der Waals surface area contributed by atoms with Gasteiger partial charge in [-0.15, -0.1) is 11.3 Å². The van der Waals surface area contributed by atoms with E-state index in [1.165, 1.54) is 15.6 Å². The highest BCUT2D eigenvalue weighted by molar-refractivity contribution is 7.11. The minimum absolute atomic E-state index is 0.288. The number of aryl methyl sites for hydroxylation is 3. The summed E-state index contributed by atoms with van der Waals surface area (Å²) >= 11 is 1.79. The van der Waals surface area contributed by atoms with Crippen LogP contribution in [0.3, 0.4) is 0 Å². The Morgan fingerprint density at radius 2 is 2.21 bits per heavy atom. The molecule has 1 aliphatic heterocycles. The van der Waals surface area contributed by atoms with Gasteiger partial charge in [-0.1, -0.05) is 6.92 Å². The summed E-state index contributed by atoms with van der Waals surface area (Å²) in [7, 11) is 1.67. The van der Waals surface area contributed by atoms with Crippen molar-refractivity contribution in [2.75, 3.05) is 20.2 Å². The molecule has 0 radical (unpaired) electrons. The van der Waals surface area contributed by atoms with E-state index in [-0.39, 0.29) is 6.04 Å². The van der Waals surface area contributed by atoms with Gasteiger partial charge in [-0.25, -0.2) is 14.6 Å². The van der Waals surface area contributed by atoms with Crippen molar-refractivity contribution in [1.29, 1.82) is 0 Å². The Kier molecular flexibility index (Phi) is 7.38. The zero-order valence-electron chi connectivity index (χ0n) is 17.3. The molecule has 2 aromatic heterocycles. The third-order valence-electron chi connectivity index (χ3n) is 4.73. The molecular formula is C19H31N7OS. The van der Waals surface area contributed by atoms with E-state index in [2.05, 4.69) is 41.5 Å². The molecule has 0 saturated heterocycles. The van der Waals surface area contributed by atoms with Crippen LogP contribution in [-0.4, -0.2) is 51.9 Å². The molecule has 3 heterocycles. The number of rotatable bonds is 8. The van der Waals surface area contributed by atoms with Crippen molar-refractivity contribution in [3.05, 3.63) is 27.2 Å². The van der Waals surface area contributed by atoms with Gasteiger partial charge >= 0.3 is 0 Å². The lowest BCUT2D eigenvalue weighted by Gasteiger charge is -2.25. The molecule has 1 unspecified atom stereocenters. The molecule has 0 fully saturated rings. The quantitative estimate of drug-likeness (QED) is 0.515. The van der Waals surface area contributed by atoms with Crippen molar-refractivity contribution in [2.24, 2.45) is 4.99 Å². The number of nitrogens with one attached hydrogen (secondary N) is 2. The molecule has 1 aliphatic rings. The molecule has 0 aromatic carbocycles. The normalized spacial score (nSPS) is 16.9. The maximum absolute atomic E-state index is 5.14. The molecule has 0 spiro atoms.